The van der Waals surface area contributed by atoms with E-state index in [1.54, 1.807) is 0 Å². The second-order valence-corrected chi connectivity index (χ2v) is 6.43. The number of anilines is 1. The zero-order chi connectivity index (χ0) is 12.4. The minimum Gasteiger partial charge on any atom is -0.369 e. The monoisotopic (exact) mass is 250 g/mol. The summed E-state index contributed by atoms with van der Waals surface area (Å²) in [6.45, 7) is 9.70. The molecule has 0 bridgehead atoms. The molecular formula is C14H22N2S. The summed E-state index contributed by atoms with van der Waals surface area (Å²) in [4.78, 5) is 3.95. The van der Waals surface area contributed by atoms with Crippen molar-refractivity contribution in [2.24, 2.45) is 5.73 Å². The molecule has 1 unspecified atom stereocenters. The van der Waals surface area contributed by atoms with E-state index in [4.69, 9.17) is 5.73 Å². The lowest BCUT2D eigenvalue weighted by Gasteiger charge is -2.36. The summed E-state index contributed by atoms with van der Waals surface area (Å²) in [5.74, 6) is 0. The van der Waals surface area contributed by atoms with E-state index in [2.05, 4.69) is 37.8 Å². The zero-order valence-corrected chi connectivity index (χ0v) is 11.8. The number of hydrogen-bond acceptors (Lipinski definition) is 3. The van der Waals surface area contributed by atoms with Gasteiger partial charge in [-0.25, -0.2) is 0 Å². The normalized spacial score (nSPS) is 19.3. The number of nitrogens with zero attached hydrogens (tertiary/aromatic N) is 1. The van der Waals surface area contributed by atoms with Gasteiger partial charge in [-0.2, -0.15) is 0 Å². The van der Waals surface area contributed by atoms with E-state index in [-0.39, 0.29) is 0 Å². The average molecular weight is 250 g/mol. The van der Waals surface area contributed by atoms with Crippen LogP contribution in [0.15, 0.2) is 17.0 Å². The first-order valence-electron chi connectivity index (χ1n) is 6.34. The number of nitrogens with two attached hydrogens (primary N) is 1. The van der Waals surface area contributed by atoms with Gasteiger partial charge in [0.2, 0.25) is 0 Å². The van der Waals surface area contributed by atoms with Crippen LogP contribution in [0, 0.1) is 13.8 Å². The molecule has 1 aromatic rings. The number of hydrogen-bond donors (Lipinski definition) is 1. The molecule has 2 N–H and O–H groups in total. The van der Waals surface area contributed by atoms with Gasteiger partial charge in [-0.3, -0.25) is 0 Å². The van der Waals surface area contributed by atoms with Crippen molar-refractivity contribution >= 4 is 17.4 Å². The summed E-state index contributed by atoms with van der Waals surface area (Å²) in [6.07, 6.45) is 1.07. The van der Waals surface area contributed by atoms with Gasteiger partial charge in [-0.15, -0.1) is 11.8 Å². The van der Waals surface area contributed by atoms with Gasteiger partial charge in [0.15, 0.2) is 0 Å². The van der Waals surface area contributed by atoms with Crippen LogP contribution in [-0.4, -0.2) is 24.9 Å². The van der Waals surface area contributed by atoms with Gasteiger partial charge >= 0.3 is 0 Å². The van der Waals surface area contributed by atoms with Crippen molar-refractivity contribution in [2.45, 2.75) is 37.3 Å². The van der Waals surface area contributed by atoms with Gasteiger partial charge < -0.3 is 10.6 Å². The summed E-state index contributed by atoms with van der Waals surface area (Å²) >= 11 is 2.00. The minimum absolute atomic E-state index is 0.668. The number of aryl methyl sites for hydroxylation is 2. The van der Waals surface area contributed by atoms with Crippen LogP contribution in [0.1, 0.15) is 24.5 Å². The lowest BCUT2D eigenvalue weighted by molar-refractivity contribution is 0.711. The summed E-state index contributed by atoms with van der Waals surface area (Å²) < 4.78 is 0. The molecule has 1 aliphatic heterocycles. The molecule has 94 valence electrons. The highest BCUT2D eigenvalue weighted by Gasteiger charge is 2.23. The maximum absolute atomic E-state index is 5.63. The molecule has 0 saturated carbocycles. The van der Waals surface area contributed by atoms with Gasteiger partial charge in [-0.05, 0) is 44.0 Å². The van der Waals surface area contributed by atoms with Crippen molar-refractivity contribution in [2.75, 3.05) is 24.5 Å². The molecule has 0 spiro atoms. The highest BCUT2D eigenvalue weighted by atomic mass is 32.2. The van der Waals surface area contributed by atoms with Crippen LogP contribution in [0.2, 0.25) is 0 Å². The van der Waals surface area contributed by atoms with Crippen molar-refractivity contribution in [1.29, 1.82) is 0 Å². The van der Waals surface area contributed by atoms with Crippen LogP contribution in [0.3, 0.4) is 0 Å². The second-order valence-electron chi connectivity index (χ2n) is 4.95. The topological polar surface area (TPSA) is 29.3 Å². The van der Waals surface area contributed by atoms with E-state index in [1.807, 2.05) is 11.8 Å². The van der Waals surface area contributed by atoms with E-state index >= 15 is 0 Å². The fourth-order valence-corrected chi connectivity index (χ4v) is 3.90. The first kappa shape index (κ1) is 12.8. The maximum Gasteiger partial charge on any atom is 0.0534 e. The molecular weight excluding hydrogens is 228 g/mol. The van der Waals surface area contributed by atoms with E-state index in [0.29, 0.717) is 5.25 Å². The Morgan fingerprint density at radius 3 is 2.88 bits per heavy atom. The largest absolute Gasteiger partial charge is 0.369 e. The molecule has 1 heterocycles. The van der Waals surface area contributed by atoms with Crippen molar-refractivity contribution < 1.29 is 0 Å². The molecule has 2 nitrogen and oxygen atoms in total. The number of benzene rings is 1. The Bertz CT molecular complexity index is 403. The van der Waals surface area contributed by atoms with E-state index < -0.39 is 0 Å². The molecule has 0 aromatic heterocycles. The van der Waals surface area contributed by atoms with Crippen LogP contribution >= 0.6 is 11.8 Å². The third-order valence-electron chi connectivity index (χ3n) is 3.16. The Morgan fingerprint density at radius 1 is 1.41 bits per heavy atom. The van der Waals surface area contributed by atoms with Gasteiger partial charge in [0.25, 0.3) is 0 Å². The fraction of sp³-hybridized carbons (Fsp3) is 0.571. The molecule has 0 aliphatic carbocycles. The Morgan fingerprint density at radius 2 is 2.18 bits per heavy atom. The molecule has 0 fully saturated rings. The first-order valence-corrected chi connectivity index (χ1v) is 7.22. The predicted molar refractivity (Wildman–Crippen MR) is 77.1 cm³/mol. The first-order chi connectivity index (χ1) is 8.11. The summed E-state index contributed by atoms with van der Waals surface area (Å²) in [5.41, 5.74) is 9.83. The van der Waals surface area contributed by atoms with Crippen molar-refractivity contribution in [1.82, 2.24) is 0 Å². The van der Waals surface area contributed by atoms with Gasteiger partial charge in [0, 0.05) is 23.2 Å². The number of fused-ring (bicyclic) bond motifs is 1. The van der Waals surface area contributed by atoms with Crippen LogP contribution in [-0.2, 0) is 0 Å². The lowest BCUT2D eigenvalue weighted by atomic mass is 10.1. The highest BCUT2D eigenvalue weighted by molar-refractivity contribution is 8.00. The number of rotatable bonds is 3. The van der Waals surface area contributed by atoms with Crippen molar-refractivity contribution in [3.63, 3.8) is 0 Å². The van der Waals surface area contributed by atoms with E-state index in [9.17, 15) is 0 Å². The third-order valence-corrected chi connectivity index (χ3v) is 4.28. The standard InChI is InChI=1S/C14H22N2S/c1-10-7-11(2)14-13(8-10)17-12(3)9-16(14)6-4-5-15/h7-8,12H,4-6,9,15H2,1-3H3. The lowest BCUT2D eigenvalue weighted by Crippen LogP contribution is -2.35. The molecule has 1 atom stereocenters. The van der Waals surface area contributed by atoms with Gasteiger partial charge in [-0.1, -0.05) is 13.0 Å². The molecule has 2 rings (SSSR count). The number of thioether (sulfide) groups is 1. The van der Waals surface area contributed by atoms with Gasteiger partial charge in [0.1, 0.15) is 0 Å². The Balaban J connectivity index is 2.34. The van der Waals surface area contributed by atoms with E-state index in [0.717, 1.165) is 26.1 Å². The summed E-state index contributed by atoms with van der Waals surface area (Å²) in [6, 6.07) is 4.60. The van der Waals surface area contributed by atoms with Crippen LogP contribution in [0.25, 0.3) is 0 Å². The third kappa shape index (κ3) is 2.78. The van der Waals surface area contributed by atoms with Gasteiger partial charge in [0.05, 0.1) is 5.69 Å². The Hall–Kier alpha value is -0.670. The SMILES string of the molecule is Cc1cc(C)c2c(c1)SC(C)CN2CCCN. The van der Waals surface area contributed by atoms with Crippen LogP contribution in [0.4, 0.5) is 5.69 Å². The van der Waals surface area contributed by atoms with Crippen molar-refractivity contribution in [3.8, 4) is 0 Å². The van der Waals surface area contributed by atoms with E-state index in [1.165, 1.54) is 21.7 Å². The zero-order valence-electron chi connectivity index (χ0n) is 11.0. The van der Waals surface area contributed by atoms with Crippen LogP contribution in [0.5, 0.6) is 0 Å². The molecule has 1 aromatic carbocycles. The molecule has 3 heteroatoms. The summed E-state index contributed by atoms with van der Waals surface area (Å²) in [7, 11) is 0. The minimum atomic E-state index is 0.668. The quantitative estimate of drug-likeness (QED) is 0.894. The fourth-order valence-electron chi connectivity index (χ4n) is 2.56. The molecule has 0 saturated heterocycles. The smallest absolute Gasteiger partial charge is 0.0534 e. The maximum atomic E-state index is 5.63. The van der Waals surface area contributed by atoms with Crippen LogP contribution < -0.4 is 10.6 Å². The average Bonchev–Trinajstić information content (AvgIpc) is 2.24. The second kappa shape index (κ2) is 5.32. The Labute approximate surface area is 109 Å². The molecule has 17 heavy (non-hydrogen) atoms. The molecule has 0 amide bonds. The molecule has 0 radical (unpaired) electrons. The molecule has 1 aliphatic rings. The van der Waals surface area contributed by atoms with Crippen molar-refractivity contribution in [3.05, 3.63) is 23.3 Å². The summed E-state index contributed by atoms with van der Waals surface area (Å²) in [5, 5.41) is 0.668. The highest BCUT2D eigenvalue weighted by Crippen LogP contribution is 2.41. The predicted octanol–water partition coefficient (Wildman–Crippen LogP) is 2.95. The Kier molecular flexibility index (Phi) is 4.00.